The highest BCUT2D eigenvalue weighted by Crippen LogP contribution is 2.26. The van der Waals surface area contributed by atoms with E-state index in [1.807, 2.05) is 0 Å². The molecule has 1 aliphatic rings. The molecule has 1 amide bonds. The van der Waals surface area contributed by atoms with Crippen LogP contribution in [0.5, 0.6) is 5.75 Å². The fourth-order valence-corrected chi connectivity index (χ4v) is 2.52. The average Bonchev–Trinajstić information content (AvgIpc) is 2.62. The van der Waals surface area contributed by atoms with Gasteiger partial charge in [0.1, 0.15) is 18.0 Å². The van der Waals surface area contributed by atoms with Gasteiger partial charge in [-0.2, -0.15) is 0 Å². The quantitative estimate of drug-likeness (QED) is 0.634. The molecule has 0 spiro atoms. The molecule has 1 heterocycles. The summed E-state index contributed by atoms with van der Waals surface area (Å²) in [5.41, 5.74) is 0.816. The molecule has 26 heavy (non-hydrogen) atoms. The molecule has 0 bridgehead atoms. The van der Waals surface area contributed by atoms with Crippen LogP contribution in [-0.2, 0) is 25.5 Å². The van der Waals surface area contributed by atoms with Crippen molar-refractivity contribution < 1.29 is 38.7 Å². The Labute approximate surface area is 150 Å². The minimum atomic E-state index is -1.39. The fourth-order valence-electron chi connectivity index (χ4n) is 2.52. The predicted octanol–water partition coefficient (Wildman–Crippen LogP) is 0.320. The Bertz CT molecular complexity index is 620. The first-order valence-electron chi connectivity index (χ1n) is 8.08. The third-order valence-electron chi connectivity index (χ3n) is 3.88. The summed E-state index contributed by atoms with van der Waals surface area (Å²) in [6.45, 7) is 3.11. The van der Waals surface area contributed by atoms with Gasteiger partial charge in [-0.1, -0.05) is 12.1 Å². The van der Waals surface area contributed by atoms with Gasteiger partial charge in [0.15, 0.2) is 6.10 Å². The Morgan fingerprint density at radius 3 is 2.42 bits per heavy atom. The lowest BCUT2D eigenvalue weighted by Crippen LogP contribution is -2.59. The average molecular weight is 369 g/mol. The predicted molar refractivity (Wildman–Crippen MR) is 88.2 cm³/mol. The van der Waals surface area contributed by atoms with Gasteiger partial charge >= 0.3 is 12.1 Å². The topological polar surface area (TPSA) is 124 Å². The standard InChI is InChI=1S/C17H23NO8/c1-9-15(25-10(2)19)13(20)14(21)16(24-9)26-12-6-4-11(5-7-12)8-18-17(22)23-3/h4-7,9,13-16,20-21H,8H2,1-3H3,(H,18,22)/t9-,13-,14+,15-,16+/m0/s1. The number of benzene rings is 1. The van der Waals surface area contributed by atoms with Crippen molar-refractivity contribution in [2.45, 2.75) is 51.1 Å². The molecule has 0 aromatic heterocycles. The van der Waals surface area contributed by atoms with Crippen LogP contribution in [0.4, 0.5) is 4.79 Å². The van der Waals surface area contributed by atoms with Crippen molar-refractivity contribution in [3.63, 3.8) is 0 Å². The van der Waals surface area contributed by atoms with Gasteiger partial charge in [0, 0.05) is 13.5 Å². The Kier molecular flexibility index (Phi) is 6.78. The van der Waals surface area contributed by atoms with Crippen molar-refractivity contribution in [3.8, 4) is 5.75 Å². The van der Waals surface area contributed by atoms with E-state index in [0.29, 0.717) is 5.75 Å². The van der Waals surface area contributed by atoms with E-state index in [4.69, 9.17) is 14.2 Å². The Morgan fingerprint density at radius 1 is 1.19 bits per heavy atom. The molecule has 3 N–H and O–H groups in total. The van der Waals surface area contributed by atoms with E-state index in [2.05, 4.69) is 10.1 Å². The van der Waals surface area contributed by atoms with Crippen LogP contribution in [0.25, 0.3) is 0 Å². The second kappa shape index (κ2) is 8.84. The zero-order valence-corrected chi connectivity index (χ0v) is 14.7. The largest absolute Gasteiger partial charge is 0.462 e. The molecule has 1 aromatic carbocycles. The number of aliphatic hydroxyl groups excluding tert-OH is 2. The van der Waals surface area contributed by atoms with Gasteiger partial charge in [-0.05, 0) is 24.6 Å². The monoisotopic (exact) mass is 369 g/mol. The number of hydrogen-bond donors (Lipinski definition) is 3. The fraction of sp³-hybridized carbons (Fsp3) is 0.529. The molecule has 144 valence electrons. The summed E-state index contributed by atoms with van der Waals surface area (Å²) in [4.78, 5) is 22.1. The summed E-state index contributed by atoms with van der Waals surface area (Å²) < 4.78 is 20.6. The number of methoxy groups -OCH3 is 1. The van der Waals surface area contributed by atoms with Crippen LogP contribution in [-0.4, -0.2) is 60.1 Å². The number of aliphatic hydroxyl groups is 2. The third kappa shape index (κ3) is 5.07. The number of nitrogens with one attached hydrogen (secondary N) is 1. The summed E-state index contributed by atoms with van der Waals surface area (Å²) in [5, 5.41) is 22.9. The molecule has 9 nitrogen and oxygen atoms in total. The van der Waals surface area contributed by atoms with E-state index in [1.54, 1.807) is 31.2 Å². The number of carbonyl (C=O) groups is 2. The van der Waals surface area contributed by atoms with Crippen LogP contribution >= 0.6 is 0 Å². The minimum Gasteiger partial charge on any atom is -0.462 e. The molecule has 0 radical (unpaired) electrons. The van der Waals surface area contributed by atoms with Gasteiger partial charge in [-0.15, -0.1) is 0 Å². The minimum absolute atomic E-state index is 0.287. The summed E-state index contributed by atoms with van der Waals surface area (Å²) in [6.07, 6.45) is -6.02. The van der Waals surface area contributed by atoms with Crippen LogP contribution in [0.15, 0.2) is 24.3 Å². The number of rotatable bonds is 5. The molecule has 2 rings (SSSR count). The van der Waals surface area contributed by atoms with Gasteiger partial charge in [0.25, 0.3) is 0 Å². The van der Waals surface area contributed by atoms with Crippen LogP contribution in [0.1, 0.15) is 19.4 Å². The highest BCUT2D eigenvalue weighted by Gasteiger charge is 2.45. The highest BCUT2D eigenvalue weighted by molar-refractivity contribution is 5.67. The third-order valence-corrected chi connectivity index (χ3v) is 3.88. The van der Waals surface area contributed by atoms with Crippen molar-refractivity contribution in [1.82, 2.24) is 5.32 Å². The van der Waals surface area contributed by atoms with Crippen molar-refractivity contribution in [2.75, 3.05) is 7.11 Å². The molecule has 1 saturated heterocycles. The highest BCUT2D eigenvalue weighted by atomic mass is 16.7. The molecule has 1 aromatic rings. The number of alkyl carbamates (subject to hydrolysis) is 1. The second-order valence-corrected chi connectivity index (χ2v) is 5.87. The summed E-state index contributed by atoms with van der Waals surface area (Å²) in [5.74, 6) is -0.173. The summed E-state index contributed by atoms with van der Waals surface area (Å²) >= 11 is 0. The maximum Gasteiger partial charge on any atom is 0.407 e. The van der Waals surface area contributed by atoms with E-state index in [9.17, 15) is 19.8 Å². The maximum atomic E-state index is 11.1. The van der Waals surface area contributed by atoms with Crippen LogP contribution in [0.2, 0.25) is 0 Å². The lowest BCUT2D eigenvalue weighted by Gasteiger charge is -2.40. The van der Waals surface area contributed by atoms with E-state index in [1.165, 1.54) is 14.0 Å². The number of hydrogen-bond acceptors (Lipinski definition) is 8. The van der Waals surface area contributed by atoms with Gasteiger partial charge in [0.05, 0.1) is 13.2 Å². The molecule has 0 unspecified atom stereocenters. The van der Waals surface area contributed by atoms with Crippen molar-refractivity contribution in [1.29, 1.82) is 0 Å². The SMILES string of the molecule is COC(=O)NCc1ccc(O[C@H]2O[C@@H](C)[C@H](OC(C)=O)[C@@H](O)[C@H]2O)cc1. The lowest BCUT2D eigenvalue weighted by atomic mass is 9.99. The molecule has 1 fully saturated rings. The van der Waals surface area contributed by atoms with E-state index in [-0.39, 0.29) is 6.54 Å². The second-order valence-electron chi connectivity index (χ2n) is 5.87. The Balaban J connectivity index is 1.95. The number of esters is 1. The normalized spacial score (nSPS) is 28.1. The van der Waals surface area contributed by atoms with Crippen molar-refractivity contribution in [3.05, 3.63) is 29.8 Å². The Morgan fingerprint density at radius 2 is 1.85 bits per heavy atom. The molecule has 5 atom stereocenters. The zero-order chi connectivity index (χ0) is 19.3. The van der Waals surface area contributed by atoms with Crippen molar-refractivity contribution >= 4 is 12.1 Å². The first-order valence-corrected chi connectivity index (χ1v) is 8.08. The molecular weight excluding hydrogens is 346 g/mol. The van der Waals surface area contributed by atoms with Crippen LogP contribution in [0, 0.1) is 0 Å². The van der Waals surface area contributed by atoms with Gasteiger partial charge < -0.3 is 34.5 Å². The lowest BCUT2D eigenvalue weighted by molar-refractivity contribution is -0.272. The van der Waals surface area contributed by atoms with E-state index >= 15 is 0 Å². The first kappa shape index (κ1) is 20.0. The smallest absolute Gasteiger partial charge is 0.407 e. The Hall–Kier alpha value is -2.36. The maximum absolute atomic E-state index is 11.1. The van der Waals surface area contributed by atoms with E-state index in [0.717, 1.165) is 5.56 Å². The van der Waals surface area contributed by atoms with Crippen LogP contribution < -0.4 is 10.1 Å². The first-order chi connectivity index (χ1) is 12.3. The number of carbonyl (C=O) groups excluding carboxylic acids is 2. The summed E-state index contributed by atoms with van der Waals surface area (Å²) in [6, 6.07) is 6.73. The van der Waals surface area contributed by atoms with Gasteiger partial charge in [0.2, 0.25) is 6.29 Å². The number of ether oxygens (including phenoxy) is 4. The van der Waals surface area contributed by atoms with Gasteiger partial charge in [-0.25, -0.2) is 4.79 Å². The zero-order valence-electron chi connectivity index (χ0n) is 14.7. The van der Waals surface area contributed by atoms with Crippen molar-refractivity contribution in [2.24, 2.45) is 0 Å². The molecule has 9 heteroatoms. The number of amides is 1. The molecular formula is C17H23NO8. The summed E-state index contributed by atoms with van der Waals surface area (Å²) in [7, 11) is 1.28. The molecule has 1 aliphatic heterocycles. The van der Waals surface area contributed by atoms with E-state index < -0.39 is 42.8 Å². The molecule has 0 saturated carbocycles. The van der Waals surface area contributed by atoms with Crippen LogP contribution in [0.3, 0.4) is 0 Å². The molecule has 0 aliphatic carbocycles. The van der Waals surface area contributed by atoms with Gasteiger partial charge in [-0.3, -0.25) is 4.79 Å².